The Labute approximate surface area is 166 Å². The highest BCUT2D eigenvalue weighted by molar-refractivity contribution is 7.15. The molecular formula is C22H31N3OS. The van der Waals surface area contributed by atoms with Crippen molar-refractivity contribution in [2.24, 2.45) is 5.92 Å². The van der Waals surface area contributed by atoms with E-state index in [1.165, 1.54) is 68.3 Å². The molecule has 3 rings (SSSR count). The standard InChI is InChI=1S/C22H31N3OS/c1-3-5-6-7-16-8-10-17(11-9-16)18-12-14-19(15-13-18)21(26)23-22-25-24-20(4-2)27-22/h12-17H,3-11H2,1-2H3,(H,23,25,26). The first kappa shape index (κ1) is 20.0. The Balaban J connectivity index is 1.50. The number of nitrogens with one attached hydrogen (secondary N) is 1. The average Bonchev–Trinajstić information content (AvgIpc) is 3.16. The number of benzene rings is 1. The fourth-order valence-corrected chi connectivity index (χ4v) is 4.66. The monoisotopic (exact) mass is 385 g/mol. The van der Waals surface area contributed by atoms with Crippen molar-refractivity contribution in [3.05, 3.63) is 40.4 Å². The van der Waals surface area contributed by atoms with Crippen molar-refractivity contribution < 1.29 is 4.79 Å². The lowest BCUT2D eigenvalue weighted by Crippen LogP contribution is -2.14. The Hall–Kier alpha value is -1.75. The van der Waals surface area contributed by atoms with E-state index < -0.39 is 0 Å². The van der Waals surface area contributed by atoms with Gasteiger partial charge >= 0.3 is 0 Å². The van der Waals surface area contributed by atoms with Gasteiger partial charge in [0.15, 0.2) is 0 Å². The van der Waals surface area contributed by atoms with Crippen molar-refractivity contribution in [3.63, 3.8) is 0 Å². The van der Waals surface area contributed by atoms with Gasteiger partial charge in [0.1, 0.15) is 5.01 Å². The highest BCUT2D eigenvalue weighted by atomic mass is 32.1. The summed E-state index contributed by atoms with van der Waals surface area (Å²) < 4.78 is 0. The first-order chi connectivity index (χ1) is 13.2. The summed E-state index contributed by atoms with van der Waals surface area (Å²) in [7, 11) is 0. The zero-order valence-corrected chi connectivity index (χ0v) is 17.4. The van der Waals surface area contributed by atoms with Crippen LogP contribution in [-0.2, 0) is 6.42 Å². The Morgan fingerprint density at radius 1 is 1.07 bits per heavy atom. The lowest BCUT2D eigenvalue weighted by Gasteiger charge is -2.29. The van der Waals surface area contributed by atoms with Crippen LogP contribution in [0.3, 0.4) is 0 Å². The van der Waals surface area contributed by atoms with E-state index in [0.29, 0.717) is 16.6 Å². The molecule has 1 aromatic heterocycles. The normalized spacial score (nSPS) is 19.8. The van der Waals surface area contributed by atoms with Crippen LogP contribution in [0.5, 0.6) is 0 Å². The van der Waals surface area contributed by atoms with Crippen LogP contribution in [0, 0.1) is 5.92 Å². The third kappa shape index (κ3) is 5.61. The van der Waals surface area contributed by atoms with Gasteiger partial charge in [-0.05, 0) is 61.6 Å². The van der Waals surface area contributed by atoms with Gasteiger partial charge in [-0.1, -0.05) is 63.0 Å². The maximum absolute atomic E-state index is 12.4. The molecule has 146 valence electrons. The number of unbranched alkanes of at least 4 members (excludes halogenated alkanes) is 2. The number of nitrogens with zero attached hydrogens (tertiary/aromatic N) is 2. The summed E-state index contributed by atoms with van der Waals surface area (Å²) >= 11 is 1.43. The van der Waals surface area contributed by atoms with Crippen LogP contribution in [0.2, 0.25) is 0 Å². The minimum atomic E-state index is -0.111. The van der Waals surface area contributed by atoms with Gasteiger partial charge in [0.25, 0.3) is 5.91 Å². The largest absolute Gasteiger partial charge is 0.296 e. The molecule has 0 unspecified atom stereocenters. The summed E-state index contributed by atoms with van der Waals surface area (Å²) in [5.74, 6) is 1.47. The summed E-state index contributed by atoms with van der Waals surface area (Å²) in [5.41, 5.74) is 2.06. The van der Waals surface area contributed by atoms with Crippen molar-refractivity contribution in [1.82, 2.24) is 10.2 Å². The summed E-state index contributed by atoms with van der Waals surface area (Å²) in [4.78, 5) is 12.4. The van der Waals surface area contributed by atoms with Gasteiger partial charge in [-0.15, -0.1) is 10.2 Å². The van der Waals surface area contributed by atoms with Crippen LogP contribution >= 0.6 is 11.3 Å². The van der Waals surface area contributed by atoms with Crippen LogP contribution in [-0.4, -0.2) is 16.1 Å². The highest BCUT2D eigenvalue weighted by Crippen LogP contribution is 2.37. The number of amides is 1. The zero-order chi connectivity index (χ0) is 19.1. The molecule has 0 saturated heterocycles. The predicted octanol–water partition coefficient (Wildman–Crippen LogP) is 6.21. The predicted molar refractivity (Wildman–Crippen MR) is 113 cm³/mol. The molecule has 1 saturated carbocycles. The highest BCUT2D eigenvalue weighted by Gasteiger charge is 2.22. The number of anilines is 1. The maximum atomic E-state index is 12.4. The molecule has 0 aliphatic heterocycles. The van der Waals surface area contributed by atoms with Gasteiger partial charge < -0.3 is 0 Å². The second-order valence-corrected chi connectivity index (χ2v) is 8.71. The quantitative estimate of drug-likeness (QED) is 0.550. The molecule has 4 nitrogen and oxygen atoms in total. The molecule has 1 amide bonds. The van der Waals surface area contributed by atoms with Crippen molar-refractivity contribution in [2.45, 2.75) is 77.6 Å². The zero-order valence-electron chi connectivity index (χ0n) is 16.5. The molecule has 0 spiro atoms. The Morgan fingerprint density at radius 3 is 2.44 bits per heavy atom. The molecule has 0 radical (unpaired) electrons. The van der Waals surface area contributed by atoms with E-state index in [1.54, 1.807) is 0 Å². The molecule has 1 fully saturated rings. The van der Waals surface area contributed by atoms with E-state index in [-0.39, 0.29) is 5.91 Å². The molecule has 1 aliphatic carbocycles. The summed E-state index contributed by atoms with van der Waals surface area (Å²) in [6, 6.07) is 8.16. The number of hydrogen-bond acceptors (Lipinski definition) is 4. The smallest absolute Gasteiger partial charge is 0.257 e. The average molecular weight is 386 g/mol. The van der Waals surface area contributed by atoms with Crippen LogP contribution in [0.4, 0.5) is 5.13 Å². The van der Waals surface area contributed by atoms with E-state index in [4.69, 9.17) is 0 Å². The Bertz CT molecular complexity index is 717. The molecule has 1 N–H and O–H groups in total. The first-order valence-corrected chi connectivity index (χ1v) is 11.2. The third-order valence-electron chi connectivity index (χ3n) is 5.70. The van der Waals surface area contributed by atoms with Gasteiger partial charge in [0.2, 0.25) is 5.13 Å². The van der Waals surface area contributed by atoms with Gasteiger partial charge in [-0.3, -0.25) is 10.1 Å². The second kappa shape index (κ2) is 9.98. The number of carbonyl (C=O) groups is 1. The molecule has 0 bridgehead atoms. The number of carbonyl (C=O) groups excluding carboxylic acids is 1. The van der Waals surface area contributed by atoms with Crippen molar-refractivity contribution in [3.8, 4) is 0 Å². The molecule has 27 heavy (non-hydrogen) atoms. The SMILES string of the molecule is CCCCCC1CCC(c2ccc(C(=O)Nc3nnc(CC)s3)cc2)CC1. The van der Waals surface area contributed by atoms with Crippen LogP contribution in [0.1, 0.15) is 92.1 Å². The van der Waals surface area contributed by atoms with Gasteiger partial charge in [-0.2, -0.15) is 0 Å². The van der Waals surface area contributed by atoms with Gasteiger partial charge in [0, 0.05) is 5.56 Å². The lowest BCUT2D eigenvalue weighted by atomic mass is 9.77. The number of rotatable bonds is 8. The van der Waals surface area contributed by atoms with Crippen LogP contribution in [0.25, 0.3) is 0 Å². The molecular weight excluding hydrogens is 354 g/mol. The fourth-order valence-electron chi connectivity index (χ4n) is 3.99. The molecule has 2 aromatic rings. The Morgan fingerprint density at radius 2 is 1.81 bits per heavy atom. The summed E-state index contributed by atoms with van der Waals surface area (Å²) in [5, 5.41) is 12.4. The van der Waals surface area contributed by atoms with E-state index in [1.807, 2.05) is 19.1 Å². The number of aromatic nitrogens is 2. The molecule has 1 aliphatic rings. The van der Waals surface area contributed by atoms with Crippen LogP contribution < -0.4 is 5.32 Å². The molecule has 0 atom stereocenters. The fraction of sp³-hybridized carbons (Fsp3) is 0.591. The molecule has 1 aromatic carbocycles. The number of aryl methyl sites for hydroxylation is 1. The van der Waals surface area contributed by atoms with Crippen molar-refractivity contribution in [1.29, 1.82) is 0 Å². The lowest BCUT2D eigenvalue weighted by molar-refractivity contribution is 0.102. The minimum Gasteiger partial charge on any atom is -0.296 e. The van der Waals surface area contributed by atoms with E-state index in [0.717, 1.165) is 17.3 Å². The topological polar surface area (TPSA) is 54.9 Å². The second-order valence-electron chi connectivity index (χ2n) is 7.64. The van der Waals surface area contributed by atoms with E-state index in [2.05, 4.69) is 34.6 Å². The van der Waals surface area contributed by atoms with E-state index in [9.17, 15) is 4.79 Å². The summed E-state index contributed by atoms with van der Waals surface area (Å²) in [6.07, 6.45) is 11.6. The van der Waals surface area contributed by atoms with Gasteiger partial charge in [0.05, 0.1) is 0 Å². The van der Waals surface area contributed by atoms with Crippen molar-refractivity contribution in [2.75, 3.05) is 5.32 Å². The third-order valence-corrected chi connectivity index (χ3v) is 6.68. The molecule has 5 heteroatoms. The van der Waals surface area contributed by atoms with Crippen LogP contribution in [0.15, 0.2) is 24.3 Å². The van der Waals surface area contributed by atoms with Crippen molar-refractivity contribution >= 4 is 22.4 Å². The minimum absolute atomic E-state index is 0.111. The maximum Gasteiger partial charge on any atom is 0.257 e. The Kier molecular flexibility index (Phi) is 7.39. The summed E-state index contributed by atoms with van der Waals surface area (Å²) in [6.45, 7) is 4.31. The number of hydrogen-bond donors (Lipinski definition) is 1. The van der Waals surface area contributed by atoms with Gasteiger partial charge in [-0.25, -0.2) is 0 Å². The first-order valence-electron chi connectivity index (χ1n) is 10.4. The van der Waals surface area contributed by atoms with E-state index >= 15 is 0 Å². The molecule has 1 heterocycles.